The maximum atomic E-state index is 12.5. The summed E-state index contributed by atoms with van der Waals surface area (Å²) in [4.78, 5) is 23.2. The van der Waals surface area contributed by atoms with E-state index < -0.39 is 10.8 Å². The van der Waals surface area contributed by atoms with Crippen LogP contribution in [0.2, 0.25) is 0 Å². The Balaban J connectivity index is 1.43. The first-order valence-electron chi connectivity index (χ1n) is 9.37. The highest BCUT2D eigenvalue weighted by Crippen LogP contribution is 2.29. The highest BCUT2D eigenvalue weighted by atomic mass is 16.6. The molecule has 8 nitrogen and oxygen atoms in total. The molecule has 3 aromatic carbocycles. The second-order valence-corrected chi connectivity index (χ2v) is 6.66. The van der Waals surface area contributed by atoms with Gasteiger partial charge >= 0.3 is 0 Å². The molecule has 0 spiro atoms. The van der Waals surface area contributed by atoms with Crippen molar-refractivity contribution in [2.45, 2.75) is 6.61 Å². The van der Waals surface area contributed by atoms with Crippen molar-refractivity contribution in [1.82, 2.24) is 0 Å². The van der Waals surface area contributed by atoms with Gasteiger partial charge in [0.05, 0.1) is 18.1 Å². The lowest BCUT2D eigenvalue weighted by atomic mass is 10.1. The van der Waals surface area contributed by atoms with Gasteiger partial charge in [0.1, 0.15) is 29.6 Å². The van der Waals surface area contributed by atoms with Crippen molar-refractivity contribution < 1.29 is 23.6 Å². The van der Waals surface area contributed by atoms with Gasteiger partial charge in [0.15, 0.2) is 5.76 Å². The van der Waals surface area contributed by atoms with E-state index in [0.29, 0.717) is 17.3 Å². The van der Waals surface area contributed by atoms with Gasteiger partial charge in [0.25, 0.3) is 11.6 Å². The number of hydrogen-bond donors (Lipinski definition) is 1. The van der Waals surface area contributed by atoms with Crippen LogP contribution in [-0.4, -0.2) is 17.9 Å². The number of nitrogens with zero attached hydrogens (tertiary/aromatic N) is 1. The summed E-state index contributed by atoms with van der Waals surface area (Å²) in [5.41, 5.74) is -0.236. The molecule has 0 aliphatic carbocycles. The van der Waals surface area contributed by atoms with Gasteiger partial charge in [-0.2, -0.15) is 0 Å². The minimum Gasteiger partial charge on any atom is -0.496 e. The number of anilines is 1. The number of carbonyl (C=O) groups is 1. The normalized spacial score (nSPS) is 10.6. The van der Waals surface area contributed by atoms with Crippen LogP contribution in [0.4, 0.5) is 11.4 Å². The summed E-state index contributed by atoms with van der Waals surface area (Å²) in [6.07, 6.45) is 0. The Kier molecular flexibility index (Phi) is 5.53. The van der Waals surface area contributed by atoms with E-state index in [-0.39, 0.29) is 23.7 Å². The smallest absolute Gasteiger partial charge is 0.296 e. The molecule has 0 unspecified atom stereocenters. The molecule has 0 fully saturated rings. The van der Waals surface area contributed by atoms with Gasteiger partial charge in [0.2, 0.25) is 0 Å². The summed E-state index contributed by atoms with van der Waals surface area (Å²) in [5, 5.41) is 15.9. The van der Waals surface area contributed by atoms with Gasteiger partial charge in [-0.15, -0.1) is 0 Å². The Labute approximate surface area is 177 Å². The van der Waals surface area contributed by atoms with Gasteiger partial charge < -0.3 is 19.2 Å². The molecule has 31 heavy (non-hydrogen) atoms. The monoisotopic (exact) mass is 418 g/mol. The van der Waals surface area contributed by atoms with Gasteiger partial charge in [-0.05, 0) is 47.2 Å². The molecule has 0 radical (unpaired) electrons. The van der Waals surface area contributed by atoms with E-state index in [9.17, 15) is 14.9 Å². The predicted octanol–water partition coefficient (Wildman–Crippen LogP) is 5.18. The lowest BCUT2D eigenvalue weighted by Gasteiger charge is -2.07. The Morgan fingerprint density at radius 2 is 1.77 bits per heavy atom. The van der Waals surface area contributed by atoms with Crippen LogP contribution in [0.3, 0.4) is 0 Å². The fourth-order valence-electron chi connectivity index (χ4n) is 3.07. The summed E-state index contributed by atoms with van der Waals surface area (Å²) in [6.45, 7) is 0.133. The van der Waals surface area contributed by atoms with Gasteiger partial charge in [-0.3, -0.25) is 14.9 Å². The number of amides is 1. The molecule has 0 aliphatic rings. The lowest BCUT2D eigenvalue weighted by molar-refractivity contribution is -0.384. The summed E-state index contributed by atoms with van der Waals surface area (Å²) in [6, 6.07) is 21.0. The average molecular weight is 418 g/mol. The Hall–Kier alpha value is -4.33. The minimum absolute atomic E-state index is 0.0160. The van der Waals surface area contributed by atoms with E-state index in [4.69, 9.17) is 13.9 Å². The molecule has 0 atom stereocenters. The van der Waals surface area contributed by atoms with Gasteiger partial charge in [-0.25, -0.2) is 0 Å². The summed E-state index contributed by atoms with van der Waals surface area (Å²) in [5.74, 6) is 0.848. The molecule has 1 heterocycles. The maximum absolute atomic E-state index is 12.5. The number of methoxy groups -OCH3 is 1. The third-order valence-corrected chi connectivity index (χ3v) is 4.64. The molecule has 0 saturated heterocycles. The second kappa shape index (κ2) is 8.58. The molecule has 4 aromatic rings. The maximum Gasteiger partial charge on any atom is 0.296 e. The highest BCUT2D eigenvalue weighted by molar-refractivity contribution is 6.03. The fourth-order valence-corrected chi connectivity index (χ4v) is 3.07. The molecule has 0 aliphatic heterocycles. The van der Waals surface area contributed by atoms with E-state index in [0.717, 1.165) is 10.8 Å². The average Bonchev–Trinajstić information content (AvgIpc) is 3.27. The zero-order valence-corrected chi connectivity index (χ0v) is 16.5. The highest BCUT2D eigenvalue weighted by Gasteiger charge is 2.19. The number of nitro benzene ring substituents is 1. The van der Waals surface area contributed by atoms with Crippen LogP contribution in [0, 0.1) is 10.1 Å². The molecule has 156 valence electrons. The van der Waals surface area contributed by atoms with Gasteiger partial charge in [0, 0.05) is 0 Å². The van der Waals surface area contributed by atoms with Crippen LogP contribution in [-0.2, 0) is 6.61 Å². The van der Waals surface area contributed by atoms with Crippen LogP contribution >= 0.6 is 0 Å². The fraction of sp³-hybridized carbons (Fsp3) is 0.0870. The molecule has 0 bridgehead atoms. The molecule has 1 N–H and O–H groups in total. The molecular formula is C23H18N2O6. The van der Waals surface area contributed by atoms with Crippen LogP contribution in [0.15, 0.2) is 77.2 Å². The number of benzene rings is 3. The Morgan fingerprint density at radius 3 is 2.55 bits per heavy atom. The first kappa shape index (κ1) is 20.0. The SMILES string of the molecule is COc1ccc(NC(=O)c2ccc(COc3ccc4ccccc4c3)o2)c([N+](=O)[O-])c1. The summed E-state index contributed by atoms with van der Waals surface area (Å²) in [7, 11) is 1.40. The number of ether oxygens (including phenoxy) is 2. The van der Waals surface area contributed by atoms with Crippen LogP contribution < -0.4 is 14.8 Å². The number of nitro groups is 1. The number of rotatable bonds is 7. The standard InChI is InChI=1S/C23H18N2O6/c1-29-17-8-10-20(21(13-17)25(27)28)24-23(26)22-11-9-19(31-22)14-30-18-7-6-15-4-2-3-5-16(15)12-18/h2-13H,14H2,1H3,(H,24,26). The Morgan fingerprint density at radius 1 is 1.00 bits per heavy atom. The van der Waals surface area contributed by atoms with E-state index in [1.807, 2.05) is 42.5 Å². The lowest BCUT2D eigenvalue weighted by Crippen LogP contribution is -2.12. The third kappa shape index (κ3) is 4.48. The van der Waals surface area contributed by atoms with Crippen molar-refractivity contribution in [3.05, 3.63) is 94.4 Å². The Bertz CT molecular complexity index is 1260. The van der Waals surface area contributed by atoms with Crippen molar-refractivity contribution >= 4 is 28.1 Å². The molecule has 8 heteroatoms. The van der Waals surface area contributed by atoms with Crippen LogP contribution in [0.5, 0.6) is 11.5 Å². The third-order valence-electron chi connectivity index (χ3n) is 4.64. The number of furan rings is 1. The van der Waals surface area contributed by atoms with E-state index in [1.165, 1.54) is 31.4 Å². The molecule has 4 rings (SSSR count). The zero-order valence-electron chi connectivity index (χ0n) is 16.5. The van der Waals surface area contributed by atoms with Crippen LogP contribution in [0.1, 0.15) is 16.3 Å². The molecular weight excluding hydrogens is 400 g/mol. The number of hydrogen-bond acceptors (Lipinski definition) is 6. The van der Waals surface area contributed by atoms with Crippen LogP contribution in [0.25, 0.3) is 10.8 Å². The number of carbonyl (C=O) groups excluding carboxylic acids is 1. The number of nitrogens with one attached hydrogen (secondary N) is 1. The topological polar surface area (TPSA) is 104 Å². The predicted molar refractivity (Wildman–Crippen MR) is 115 cm³/mol. The van der Waals surface area contributed by atoms with Crippen molar-refractivity contribution in [2.24, 2.45) is 0 Å². The summed E-state index contributed by atoms with van der Waals surface area (Å²) >= 11 is 0. The largest absolute Gasteiger partial charge is 0.496 e. The first-order valence-corrected chi connectivity index (χ1v) is 9.37. The van der Waals surface area contributed by atoms with Gasteiger partial charge in [-0.1, -0.05) is 30.3 Å². The minimum atomic E-state index is -0.606. The first-order chi connectivity index (χ1) is 15.0. The summed E-state index contributed by atoms with van der Waals surface area (Å²) < 4.78 is 16.3. The van der Waals surface area contributed by atoms with E-state index in [1.54, 1.807) is 6.07 Å². The quantitative estimate of drug-likeness (QED) is 0.328. The van der Waals surface area contributed by atoms with Crippen molar-refractivity contribution in [3.8, 4) is 11.5 Å². The van der Waals surface area contributed by atoms with E-state index >= 15 is 0 Å². The zero-order chi connectivity index (χ0) is 21.8. The van der Waals surface area contributed by atoms with Crippen molar-refractivity contribution in [2.75, 3.05) is 12.4 Å². The molecule has 1 aromatic heterocycles. The van der Waals surface area contributed by atoms with Crippen molar-refractivity contribution in [3.63, 3.8) is 0 Å². The molecule has 0 saturated carbocycles. The van der Waals surface area contributed by atoms with E-state index in [2.05, 4.69) is 5.32 Å². The van der Waals surface area contributed by atoms with Crippen molar-refractivity contribution in [1.29, 1.82) is 0 Å². The number of fused-ring (bicyclic) bond motifs is 1. The molecule has 1 amide bonds. The second-order valence-electron chi connectivity index (χ2n) is 6.66.